The number of hydrogen-bond donors (Lipinski definition) is 1. The van der Waals surface area contributed by atoms with Crippen molar-refractivity contribution in [3.63, 3.8) is 0 Å². The summed E-state index contributed by atoms with van der Waals surface area (Å²) in [4.78, 5) is 4.27. The zero-order chi connectivity index (χ0) is 36.0. The number of benzene rings is 2. The van der Waals surface area contributed by atoms with Crippen molar-refractivity contribution in [2.24, 2.45) is 0 Å². The van der Waals surface area contributed by atoms with E-state index in [4.69, 9.17) is 49.7 Å². The third-order valence-corrected chi connectivity index (χ3v) is 9.42. The third-order valence-electron chi connectivity index (χ3n) is 8.38. The van der Waals surface area contributed by atoms with E-state index >= 15 is 0 Å². The van der Waals surface area contributed by atoms with E-state index in [2.05, 4.69) is 68.6 Å². The maximum atomic E-state index is 10.4. The van der Waals surface area contributed by atoms with E-state index in [-0.39, 0.29) is 27.7 Å². The van der Waals surface area contributed by atoms with Gasteiger partial charge in [0.25, 0.3) is 0 Å². The maximum Gasteiger partial charge on any atom is 2.00 e. The van der Waals surface area contributed by atoms with E-state index in [1.54, 1.807) is 10.7 Å². The molecule has 6 nitrogen and oxygen atoms in total. The summed E-state index contributed by atoms with van der Waals surface area (Å²) in [6.45, 7) is 19.6. The van der Waals surface area contributed by atoms with Crippen LogP contribution in [0.2, 0.25) is 0 Å². The van der Waals surface area contributed by atoms with Gasteiger partial charge in [0.1, 0.15) is 17.0 Å². The molecule has 1 heterocycles. The van der Waals surface area contributed by atoms with Gasteiger partial charge in [-0.2, -0.15) is 0 Å². The van der Waals surface area contributed by atoms with Crippen molar-refractivity contribution in [2.45, 2.75) is 131 Å². The normalized spacial score (nSPS) is 10.7. The van der Waals surface area contributed by atoms with E-state index < -0.39 is 0 Å². The predicted molar refractivity (Wildman–Crippen MR) is 220 cm³/mol. The molecule has 49 heavy (non-hydrogen) atoms. The van der Waals surface area contributed by atoms with Crippen LogP contribution in [-0.4, -0.2) is 64.7 Å². The molecular weight excluding hydrogens is 729 g/mol. The van der Waals surface area contributed by atoms with E-state index in [0.29, 0.717) is 14.3 Å². The molecule has 2 aromatic carbocycles. The maximum absolute atomic E-state index is 10.4. The standard InChI is InChI=1S/C20H25N3O.2C9H19NS2.Ni/c1-4-5-8-13-20(2,3)15-11-12-19(24)18(14-15)23-17-10-7-6-9-16(17)21-22-23;2*1-3-5-7-10(9(11)12)8-6-4-2;/h6-7,9-12,14,24H,4-5,8,13H2,1-3H3;2*3-8H2,1-2H3,(H,11,12);/q;;;+2/p-2. The second-order valence-corrected chi connectivity index (χ2v) is 15.0. The van der Waals surface area contributed by atoms with Gasteiger partial charge in [0.15, 0.2) is 0 Å². The van der Waals surface area contributed by atoms with Gasteiger partial charge < -0.3 is 64.6 Å². The summed E-state index contributed by atoms with van der Waals surface area (Å²) in [6, 6.07) is 13.6. The van der Waals surface area contributed by atoms with Crippen molar-refractivity contribution in [1.29, 1.82) is 0 Å². The first-order chi connectivity index (χ1) is 23.0. The predicted octanol–water partition coefficient (Wildman–Crippen LogP) is 10.4. The van der Waals surface area contributed by atoms with Gasteiger partial charge in [-0.1, -0.05) is 125 Å². The summed E-state index contributed by atoms with van der Waals surface area (Å²) in [5.74, 6) is 0.221. The molecule has 278 valence electrons. The smallest absolute Gasteiger partial charge is 0.506 e. The van der Waals surface area contributed by atoms with E-state index in [0.717, 1.165) is 43.6 Å². The summed E-state index contributed by atoms with van der Waals surface area (Å²) in [5, 5.41) is 18.8. The van der Waals surface area contributed by atoms with Crippen LogP contribution < -0.4 is 0 Å². The molecule has 0 radical (unpaired) electrons. The van der Waals surface area contributed by atoms with Crippen LogP contribution in [0.5, 0.6) is 5.75 Å². The van der Waals surface area contributed by atoms with Gasteiger partial charge in [0.05, 0.1) is 5.52 Å². The molecule has 0 bridgehead atoms. The van der Waals surface area contributed by atoms with E-state index in [1.165, 1.54) is 76.2 Å². The summed E-state index contributed by atoms with van der Waals surface area (Å²) in [7, 11) is 0. The molecule has 1 aromatic heterocycles. The number of para-hydroxylation sites is 1. The van der Waals surface area contributed by atoms with Crippen LogP contribution in [-0.2, 0) is 47.2 Å². The second-order valence-electron chi connectivity index (χ2n) is 13.0. The second kappa shape index (κ2) is 27.1. The van der Waals surface area contributed by atoms with Crippen LogP contribution in [0.15, 0.2) is 42.5 Å². The van der Waals surface area contributed by atoms with Gasteiger partial charge in [0.2, 0.25) is 0 Å². The van der Waals surface area contributed by atoms with Crippen molar-refractivity contribution in [1.82, 2.24) is 24.8 Å². The number of thiocarbonyl (C=S) groups is 2. The molecule has 11 heteroatoms. The van der Waals surface area contributed by atoms with E-state index in [1.807, 2.05) is 36.4 Å². The molecular formula is C38H61N5NiOS4. The van der Waals surface area contributed by atoms with Crippen LogP contribution >= 0.6 is 24.4 Å². The molecule has 0 unspecified atom stereocenters. The number of aromatic nitrogens is 3. The molecule has 1 N–H and O–H groups in total. The SMILES string of the molecule is CCCCCC(C)(C)c1ccc(O)c(-n2nnc3ccccc32)c1.CCCCN(CCCC)C(=S)[S-].CCCCN(CCCC)C(=S)[S-].[Ni+2]. The quantitative estimate of drug-likeness (QED) is 0.0587. The molecule has 0 saturated carbocycles. The zero-order valence-corrected chi connectivity index (χ0v) is 35.2. The van der Waals surface area contributed by atoms with Crippen LogP contribution in [0.4, 0.5) is 0 Å². The van der Waals surface area contributed by atoms with Crippen LogP contribution in [0.3, 0.4) is 0 Å². The van der Waals surface area contributed by atoms with Crippen molar-refractivity contribution < 1.29 is 21.6 Å². The van der Waals surface area contributed by atoms with E-state index in [9.17, 15) is 5.11 Å². The van der Waals surface area contributed by atoms with Crippen LogP contribution in [0.1, 0.15) is 131 Å². The number of hydrogen-bond acceptors (Lipinski definition) is 7. The fourth-order valence-electron chi connectivity index (χ4n) is 5.11. The summed E-state index contributed by atoms with van der Waals surface area (Å²) in [5.41, 5.74) is 3.68. The summed E-state index contributed by atoms with van der Waals surface area (Å²) < 4.78 is 2.99. The number of nitrogens with zero attached hydrogens (tertiary/aromatic N) is 5. The molecule has 3 rings (SSSR count). The van der Waals surface area contributed by atoms with Gasteiger partial charge in [0, 0.05) is 26.2 Å². The average molecular weight is 791 g/mol. The molecule has 0 fully saturated rings. The minimum atomic E-state index is 0. The Bertz CT molecular complexity index is 1290. The molecule has 0 aliphatic rings. The monoisotopic (exact) mass is 789 g/mol. The molecule has 0 saturated heterocycles. The largest absolute Gasteiger partial charge is 2.00 e. The molecule has 0 aliphatic carbocycles. The first-order valence-corrected chi connectivity index (χ1v) is 19.7. The number of unbranched alkanes of at least 4 members (excludes halogenated alkanes) is 6. The minimum absolute atomic E-state index is 0. The Kier molecular flexibility index (Phi) is 26.2. The number of aromatic hydroxyl groups is 1. The Hall–Kier alpha value is -1.65. The first-order valence-electron chi connectivity index (χ1n) is 18.0. The van der Waals surface area contributed by atoms with Gasteiger partial charge in [-0.15, -0.1) is 5.10 Å². The molecule has 3 aromatic rings. The topological polar surface area (TPSA) is 57.4 Å². The fourth-order valence-corrected chi connectivity index (χ4v) is 5.84. The van der Waals surface area contributed by atoms with Crippen molar-refractivity contribution >= 4 is 69.4 Å². The van der Waals surface area contributed by atoms with Crippen molar-refractivity contribution in [3.05, 3.63) is 48.0 Å². The average Bonchev–Trinajstić information content (AvgIpc) is 3.49. The van der Waals surface area contributed by atoms with Gasteiger partial charge >= 0.3 is 16.5 Å². The Morgan fingerprint density at radius 3 is 1.65 bits per heavy atom. The molecule has 0 amide bonds. The van der Waals surface area contributed by atoms with Crippen LogP contribution in [0.25, 0.3) is 16.7 Å². The van der Waals surface area contributed by atoms with Crippen molar-refractivity contribution in [3.8, 4) is 11.4 Å². The van der Waals surface area contributed by atoms with Gasteiger partial charge in [-0.25, -0.2) is 4.68 Å². The Morgan fingerprint density at radius 1 is 0.735 bits per heavy atom. The number of rotatable bonds is 18. The molecule has 0 aliphatic heterocycles. The van der Waals surface area contributed by atoms with Crippen molar-refractivity contribution in [2.75, 3.05) is 26.2 Å². The van der Waals surface area contributed by atoms with Gasteiger partial charge in [-0.05, 0) is 67.3 Å². The third kappa shape index (κ3) is 17.9. The number of phenols is 1. The summed E-state index contributed by atoms with van der Waals surface area (Å²) in [6.07, 6.45) is 14.4. The minimum Gasteiger partial charge on any atom is -0.506 e. The Balaban J connectivity index is 0.000000785. The Morgan fingerprint density at radius 2 is 1.20 bits per heavy atom. The fraction of sp³-hybridized carbons (Fsp3) is 0.632. The first kappa shape index (κ1) is 47.4. The van der Waals surface area contributed by atoms with Crippen LogP contribution in [0, 0.1) is 0 Å². The zero-order valence-electron chi connectivity index (χ0n) is 31.0. The van der Waals surface area contributed by atoms with Gasteiger partial charge in [-0.3, -0.25) is 0 Å². The number of phenolic OH excluding ortho intramolecular Hbond substituents is 1. The molecule has 0 spiro atoms. The number of fused-ring (bicyclic) bond motifs is 1. The summed E-state index contributed by atoms with van der Waals surface area (Å²) >= 11 is 19.9. The molecule has 0 atom stereocenters. The Labute approximate surface area is 330 Å².